The molecule has 0 saturated carbocycles. The van der Waals surface area contributed by atoms with Crippen LogP contribution in [0.1, 0.15) is 25.3 Å². The van der Waals surface area contributed by atoms with E-state index >= 15 is 0 Å². The smallest absolute Gasteiger partial charge is 0.326 e. The average Bonchev–Trinajstić information content (AvgIpc) is 2.63. The van der Waals surface area contributed by atoms with Crippen LogP contribution in [0.15, 0.2) is 24.3 Å². The molecule has 1 aromatic rings. The van der Waals surface area contributed by atoms with E-state index in [0.717, 1.165) is 6.08 Å². The molecule has 1 aromatic carbocycles. The molecule has 2 amide bonds. The maximum Gasteiger partial charge on any atom is 0.326 e. The fourth-order valence-corrected chi connectivity index (χ4v) is 2.10. The van der Waals surface area contributed by atoms with Gasteiger partial charge >= 0.3 is 11.9 Å². The van der Waals surface area contributed by atoms with Gasteiger partial charge in [-0.05, 0) is 37.1 Å². The normalized spacial score (nSPS) is 12.8. The van der Waals surface area contributed by atoms with E-state index in [1.165, 1.54) is 38.3 Å². The number of carbonyl (C=O) groups is 4. The van der Waals surface area contributed by atoms with E-state index in [2.05, 4.69) is 10.6 Å². The third-order valence-corrected chi connectivity index (χ3v) is 3.65. The van der Waals surface area contributed by atoms with Crippen LogP contribution in [0.4, 0.5) is 0 Å². The van der Waals surface area contributed by atoms with E-state index in [-0.39, 0.29) is 24.3 Å². The first-order chi connectivity index (χ1) is 13.1. The number of benzene rings is 1. The third kappa shape index (κ3) is 7.36. The Balaban J connectivity index is 2.63. The standard InChI is InChI=1S/C18H22N2O8/c1-10(17(24)25)19-15(22)8-5-12(18(26)27)20-16(23)7-4-11-3-6-13(21)14(9-11)28-2/h3-4,6-7,9-10,12,21H,5,8H2,1-2H3,(H,19,22)(H,20,23)(H,24,25)(H,26,27)/b7-4+/t10-,12-/m0/s1. The molecule has 0 radical (unpaired) electrons. The molecule has 0 saturated heterocycles. The SMILES string of the molecule is COc1cc(/C=C/C(=O)N[C@@H](CCC(=O)N[C@@H](C)C(=O)O)C(=O)O)ccc1O. The van der Waals surface area contributed by atoms with E-state index < -0.39 is 35.8 Å². The number of aromatic hydroxyl groups is 1. The number of methoxy groups -OCH3 is 1. The topological polar surface area (TPSA) is 162 Å². The highest BCUT2D eigenvalue weighted by molar-refractivity contribution is 5.94. The zero-order chi connectivity index (χ0) is 21.3. The Hall–Kier alpha value is -3.56. The minimum absolute atomic E-state index is 0.0643. The van der Waals surface area contributed by atoms with E-state index in [1.807, 2.05) is 0 Å². The first kappa shape index (κ1) is 22.5. The Kier molecular flexibility index (Phi) is 8.47. The second-order valence-corrected chi connectivity index (χ2v) is 5.83. The molecule has 1 rings (SSSR count). The predicted octanol–water partition coefficient (Wildman–Crippen LogP) is 0.353. The Morgan fingerprint density at radius 1 is 1.14 bits per heavy atom. The fraction of sp³-hybridized carbons (Fsp3) is 0.333. The van der Waals surface area contributed by atoms with Gasteiger partial charge in [0.25, 0.3) is 0 Å². The van der Waals surface area contributed by atoms with Crippen LogP contribution in [-0.4, -0.2) is 58.3 Å². The van der Waals surface area contributed by atoms with E-state index in [1.54, 1.807) is 0 Å². The lowest BCUT2D eigenvalue weighted by Crippen LogP contribution is -2.42. The van der Waals surface area contributed by atoms with Crippen molar-refractivity contribution in [2.24, 2.45) is 0 Å². The summed E-state index contributed by atoms with van der Waals surface area (Å²) in [4.78, 5) is 45.5. The molecule has 0 aliphatic carbocycles. The molecule has 0 aromatic heterocycles. The Bertz CT molecular complexity index is 775. The lowest BCUT2D eigenvalue weighted by atomic mass is 10.1. The van der Waals surface area contributed by atoms with Crippen molar-refractivity contribution in [2.45, 2.75) is 31.8 Å². The predicted molar refractivity (Wildman–Crippen MR) is 97.7 cm³/mol. The van der Waals surface area contributed by atoms with Gasteiger partial charge in [0.1, 0.15) is 12.1 Å². The molecule has 10 nitrogen and oxygen atoms in total. The van der Waals surface area contributed by atoms with Gasteiger partial charge in [-0.3, -0.25) is 14.4 Å². The second-order valence-electron chi connectivity index (χ2n) is 5.83. The van der Waals surface area contributed by atoms with E-state index in [9.17, 15) is 29.4 Å². The highest BCUT2D eigenvalue weighted by Gasteiger charge is 2.21. The summed E-state index contributed by atoms with van der Waals surface area (Å²) in [7, 11) is 1.38. The van der Waals surface area contributed by atoms with Gasteiger partial charge in [0.15, 0.2) is 11.5 Å². The summed E-state index contributed by atoms with van der Waals surface area (Å²) in [6, 6.07) is 1.98. The van der Waals surface area contributed by atoms with Crippen LogP contribution in [0.5, 0.6) is 11.5 Å². The summed E-state index contributed by atoms with van der Waals surface area (Å²) < 4.78 is 4.95. The molecule has 5 N–H and O–H groups in total. The number of phenolic OH excluding ortho intramolecular Hbond substituents is 1. The van der Waals surface area contributed by atoms with Crippen LogP contribution >= 0.6 is 0 Å². The molecular formula is C18H22N2O8. The Labute approximate surface area is 160 Å². The number of ether oxygens (including phenoxy) is 1. The molecular weight excluding hydrogens is 372 g/mol. The van der Waals surface area contributed by atoms with Gasteiger partial charge in [-0.25, -0.2) is 4.79 Å². The lowest BCUT2D eigenvalue weighted by Gasteiger charge is -2.14. The number of phenols is 1. The number of hydrogen-bond acceptors (Lipinski definition) is 6. The van der Waals surface area contributed by atoms with Crippen molar-refractivity contribution in [3.63, 3.8) is 0 Å². The quantitative estimate of drug-likeness (QED) is 0.355. The van der Waals surface area contributed by atoms with Crippen molar-refractivity contribution in [1.29, 1.82) is 0 Å². The van der Waals surface area contributed by atoms with E-state index in [0.29, 0.717) is 5.56 Å². The number of carboxylic acids is 2. The van der Waals surface area contributed by atoms with Crippen molar-refractivity contribution < 1.29 is 39.2 Å². The lowest BCUT2D eigenvalue weighted by molar-refractivity contribution is -0.142. The molecule has 0 fully saturated rings. The van der Waals surface area contributed by atoms with Gasteiger partial charge in [-0.1, -0.05) is 6.07 Å². The third-order valence-electron chi connectivity index (χ3n) is 3.65. The van der Waals surface area contributed by atoms with Gasteiger partial charge < -0.3 is 30.7 Å². The molecule has 0 bridgehead atoms. The summed E-state index contributed by atoms with van der Waals surface area (Å²) in [5, 5.41) is 31.9. The minimum Gasteiger partial charge on any atom is -0.504 e. The Morgan fingerprint density at radius 3 is 2.39 bits per heavy atom. The van der Waals surface area contributed by atoms with Crippen molar-refractivity contribution in [3.8, 4) is 11.5 Å². The molecule has 0 spiro atoms. The van der Waals surface area contributed by atoms with Crippen molar-refractivity contribution in [3.05, 3.63) is 29.8 Å². The molecule has 28 heavy (non-hydrogen) atoms. The summed E-state index contributed by atoms with van der Waals surface area (Å²) in [5.74, 6) is -3.72. The minimum atomic E-state index is -1.33. The Morgan fingerprint density at radius 2 is 1.82 bits per heavy atom. The van der Waals surface area contributed by atoms with Crippen LogP contribution in [-0.2, 0) is 19.2 Å². The molecule has 0 unspecified atom stereocenters. The number of hydrogen-bond donors (Lipinski definition) is 5. The summed E-state index contributed by atoms with van der Waals surface area (Å²) >= 11 is 0. The number of carboxylic acid groups (broad SMARTS) is 2. The molecule has 0 heterocycles. The van der Waals surface area contributed by atoms with Gasteiger partial charge in [-0.15, -0.1) is 0 Å². The number of aliphatic carboxylic acids is 2. The van der Waals surface area contributed by atoms with Gasteiger partial charge in [-0.2, -0.15) is 0 Å². The highest BCUT2D eigenvalue weighted by atomic mass is 16.5. The monoisotopic (exact) mass is 394 g/mol. The van der Waals surface area contributed by atoms with Crippen LogP contribution in [0.25, 0.3) is 6.08 Å². The first-order valence-electron chi connectivity index (χ1n) is 8.24. The maximum atomic E-state index is 11.9. The largest absolute Gasteiger partial charge is 0.504 e. The number of rotatable bonds is 10. The number of nitrogens with one attached hydrogen (secondary N) is 2. The van der Waals surface area contributed by atoms with E-state index in [4.69, 9.17) is 9.84 Å². The number of carbonyl (C=O) groups excluding carboxylic acids is 2. The number of amides is 2. The van der Waals surface area contributed by atoms with Gasteiger partial charge in [0, 0.05) is 12.5 Å². The maximum absolute atomic E-state index is 11.9. The average molecular weight is 394 g/mol. The molecule has 2 atom stereocenters. The first-order valence-corrected chi connectivity index (χ1v) is 8.24. The highest BCUT2D eigenvalue weighted by Crippen LogP contribution is 2.26. The molecule has 10 heteroatoms. The van der Waals surface area contributed by atoms with Crippen molar-refractivity contribution in [2.75, 3.05) is 7.11 Å². The van der Waals surface area contributed by atoms with Crippen LogP contribution < -0.4 is 15.4 Å². The van der Waals surface area contributed by atoms with Crippen molar-refractivity contribution >= 4 is 29.8 Å². The summed E-state index contributed by atoms with van der Waals surface area (Å²) in [6.07, 6.45) is 2.03. The van der Waals surface area contributed by atoms with Crippen LogP contribution in [0.2, 0.25) is 0 Å². The van der Waals surface area contributed by atoms with Gasteiger partial charge in [0.05, 0.1) is 7.11 Å². The zero-order valence-corrected chi connectivity index (χ0v) is 15.3. The van der Waals surface area contributed by atoms with Crippen molar-refractivity contribution in [1.82, 2.24) is 10.6 Å². The van der Waals surface area contributed by atoms with Gasteiger partial charge in [0.2, 0.25) is 11.8 Å². The van der Waals surface area contributed by atoms with Crippen LogP contribution in [0, 0.1) is 0 Å². The summed E-state index contributed by atoms with van der Waals surface area (Å²) in [5.41, 5.74) is 0.540. The van der Waals surface area contributed by atoms with Crippen LogP contribution in [0.3, 0.4) is 0 Å². The zero-order valence-electron chi connectivity index (χ0n) is 15.3. The second kappa shape index (κ2) is 10.6. The summed E-state index contributed by atoms with van der Waals surface area (Å²) in [6.45, 7) is 1.28. The molecule has 0 aliphatic heterocycles. The molecule has 0 aliphatic rings. The fourth-order valence-electron chi connectivity index (χ4n) is 2.10. The molecule has 152 valence electrons.